The largest absolute Gasteiger partial charge is 0.508 e. The first kappa shape index (κ1) is 104. The minimum atomic E-state index is -1.91. The number of carbonyl (C=O) groups excluding carboxylic acids is 12. The molecule has 0 aliphatic carbocycles. The number of unbranched alkanes of at least 4 members (excludes halogenated alkanes) is 2. The SMILES string of the molecule is COc1cc2cc(c1Cl)N(C)C(=O)C[C@H](OC(=O)[C@H](C)N(C)C(=O)CCSSCCC(=O)N[C@H](Cc1ccccc1)C(=O)N[C@H]1CSSC[C@@H](C(=O)N[C@H](C(=O)O)[C@@H](C)O)NC(=O)[C@H]([C@@H](C)O)NC(=O)[C@H](CCCCCN)NC(=O)[C@@H](Cc3c[nH]c4ccccc34)NC(=O)[C@H](Cc3ccc(O)cc3)NC1=O)C(C)(C)OC(C)[C@@H]1C[C@@](O)(NC(=O)O1)[C@H](OC)CC/C=C(\C)C2. The lowest BCUT2D eigenvalue weighted by Crippen LogP contribution is -2.64. The van der Waals surface area contributed by atoms with E-state index < -0.39 is 197 Å². The first-order valence-electron chi connectivity index (χ1n) is 42.5. The average molecular weight is 1890 g/mol. The Kier molecular flexibility index (Phi) is 40.5. The monoisotopic (exact) mass is 1890 g/mol. The summed E-state index contributed by atoms with van der Waals surface area (Å²) < 4.78 is 29.9. The van der Waals surface area contributed by atoms with Crippen molar-refractivity contribution in [2.75, 3.05) is 62.8 Å². The maximum absolute atomic E-state index is 15.4. The van der Waals surface area contributed by atoms with Crippen molar-refractivity contribution in [2.45, 2.75) is 241 Å². The molecule has 4 aromatic carbocycles. The Morgan fingerprint density at radius 1 is 0.783 bits per heavy atom. The quantitative estimate of drug-likeness (QED) is 0.0122. The number of likely N-dealkylation sites (N-methyl/N-ethyl adjacent to an activating group) is 1. The number of anilines is 1. The number of carbonyl (C=O) groups is 13. The van der Waals surface area contributed by atoms with Gasteiger partial charge in [0.15, 0.2) is 11.8 Å². The number of aromatic hydroxyl groups is 1. The van der Waals surface area contributed by atoms with Gasteiger partial charge in [-0.15, -0.1) is 0 Å². The van der Waals surface area contributed by atoms with Gasteiger partial charge in [0.05, 0.1) is 37.5 Å². The van der Waals surface area contributed by atoms with Crippen LogP contribution in [0, 0.1) is 0 Å². The van der Waals surface area contributed by atoms with E-state index in [9.17, 15) is 68.7 Å². The van der Waals surface area contributed by atoms with Crippen LogP contribution in [0.2, 0.25) is 5.02 Å². The molecule has 129 heavy (non-hydrogen) atoms. The number of ether oxygens (including phenoxy) is 5. The number of aliphatic hydroxyl groups is 3. The number of amides is 11. The Morgan fingerprint density at radius 2 is 1.43 bits per heavy atom. The summed E-state index contributed by atoms with van der Waals surface area (Å²) in [5.74, 6) is -11.5. The second kappa shape index (κ2) is 49.9. The van der Waals surface area contributed by atoms with Crippen LogP contribution in [0.1, 0.15) is 135 Å². The highest BCUT2D eigenvalue weighted by atomic mass is 35.5. The number of aliphatic hydroxyl groups excluding tert-OH is 2. The van der Waals surface area contributed by atoms with Gasteiger partial charge in [0.2, 0.25) is 59.1 Å². The molecule has 1 aromatic heterocycles. The molecule has 3 aliphatic rings. The Bertz CT molecular complexity index is 4750. The third kappa shape index (κ3) is 30.9. The number of benzene rings is 4. The molecule has 16 atom stereocenters. The number of fused-ring (bicyclic) bond motifs is 5. The van der Waals surface area contributed by atoms with Gasteiger partial charge < -0.3 is 112 Å². The van der Waals surface area contributed by atoms with E-state index in [0.29, 0.717) is 84.1 Å². The Balaban J connectivity index is 1.00. The van der Waals surface area contributed by atoms with Crippen LogP contribution in [-0.2, 0) is 102 Å². The zero-order valence-electron chi connectivity index (χ0n) is 74.0. The van der Waals surface area contributed by atoms with Crippen molar-refractivity contribution in [1.82, 2.24) is 57.7 Å². The number of nitrogens with two attached hydrogens (primary N) is 1. The molecule has 8 rings (SSSR count). The second-order valence-corrected chi connectivity index (χ2v) is 38.4. The summed E-state index contributed by atoms with van der Waals surface area (Å²) in [7, 11) is 9.97. The highest BCUT2D eigenvalue weighted by molar-refractivity contribution is 8.77. The number of allylic oxidation sites excluding steroid dienone is 2. The highest BCUT2D eigenvalue weighted by Gasteiger charge is 2.50. The fourth-order valence-electron chi connectivity index (χ4n) is 14.8. The molecule has 2 saturated heterocycles. The molecule has 41 heteroatoms. The van der Waals surface area contributed by atoms with Gasteiger partial charge >= 0.3 is 18.0 Å². The van der Waals surface area contributed by atoms with Crippen LogP contribution in [0.25, 0.3) is 10.9 Å². The maximum Gasteiger partial charge on any atom is 0.409 e. The molecule has 0 saturated carbocycles. The number of nitrogens with one attached hydrogen (secondary N) is 10. The van der Waals surface area contributed by atoms with E-state index in [-0.39, 0.29) is 67.2 Å². The Hall–Kier alpha value is -9.88. The smallest absolute Gasteiger partial charge is 0.409 e. The number of halogens is 1. The van der Waals surface area contributed by atoms with Gasteiger partial charge in [-0.1, -0.05) is 140 Å². The number of hydrogen-bond donors (Lipinski definition) is 16. The number of rotatable bonds is 31. The van der Waals surface area contributed by atoms with Crippen LogP contribution in [0.3, 0.4) is 0 Å². The number of aromatic amines is 1. The van der Waals surface area contributed by atoms with Crippen LogP contribution >= 0.6 is 54.8 Å². The van der Waals surface area contributed by atoms with Crippen molar-refractivity contribution in [1.29, 1.82) is 0 Å². The Labute approximate surface area is 769 Å². The number of nitrogens with zero attached hydrogens (tertiary/aromatic N) is 2. The molecular weight excluding hydrogens is 1770 g/mol. The molecular formula is C88H120ClN13O23S4. The maximum atomic E-state index is 15.4. The fraction of sp³-hybridized carbons (Fsp3) is 0.534. The average Bonchev–Trinajstić information content (AvgIpc) is 0.967. The number of carboxylic acids is 1. The number of aromatic nitrogens is 1. The predicted octanol–water partition coefficient (Wildman–Crippen LogP) is 4.84. The van der Waals surface area contributed by atoms with Crippen molar-refractivity contribution < 1.29 is 112 Å². The number of carboxylic acid groups (broad SMARTS) is 1. The number of para-hydroxylation sites is 1. The minimum Gasteiger partial charge on any atom is -0.508 e. The molecule has 0 spiro atoms. The number of H-pyrrole nitrogens is 1. The summed E-state index contributed by atoms with van der Waals surface area (Å²) in [6.07, 6.45) is -4.18. The van der Waals surface area contributed by atoms with Crippen molar-refractivity contribution >= 4 is 148 Å². The molecule has 0 radical (unpaired) electrons. The van der Waals surface area contributed by atoms with Gasteiger partial charge in [0.25, 0.3) is 0 Å². The van der Waals surface area contributed by atoms with E-state index in [0.717, 1.165) is 39.6 Å². The molecule has 4 heterocycles. The Morgan fingerprint density at radius 3 is 2.10 bits per heavy atom. The summed E-state index contributed by atoms with van der Waals surface area (Å²) in [5, 5.41) is 78.4. The number of methoxy groups -OCH3 is 2. The van der Waals surface area contributed by atoms with Crippen molar-refractivity contribution in [2.24, 2.45) is 5.73 Å². The minimum absolute atomic E-state index is 0.0565. The highest BCUT2D eigenvalue weighted by Crippen LogP contribution is 2.39. The first-order chi connectivity index (χ1) is 61.2. The summed E-state index contributed by atoms with van der Waals surface area (Å²) in [4.78, 5) is 193. The molecule has 36 nitrogen and oxygen atoms in total. The van der Waals surface area contributed by atoms with Crippen LogP contribution in [-0.4, -0.2) is 273 Å². The molecule has 11 amide bonds. The fourth-order valence-corrected chi connectivity index (χ4v) is 19.4. The van der Waals surface area contributed by atoms with E-state index in [1.807, 2.05) is 13.0 Å². The zero-order valence-corrected chi connectivity index (χ0v) is 78.0. The lowest BCUT2D eigenvalue weighted by atomic mass is 9.91. The van der Waals surface area contributed by atoms with Gasteiger partial charge in [0, 0.05) is 99.8 Å². The van der Waals surface area contributed by atoms with Crippen LogP contribution in [0.5, 0.6) is 11.5 Å². The summed E-state index contributed by atoms with van der Waals surface area (Å²) >= 11 is 6.90. The standard InChI is InChI=1S/C88H120ClN13O23S4/c1-48-21-20-27-69(122-11)88(120)44-68(123-86(119)100-88)52(5)125-87(6,7)70(43-73(108)102(9)66-40-55(37-48)41-67(121-10)74(66)89)124-85(118)49(2)101(8)72(107)33-36-127-126-35-32-71(106)92-61(38-53-22-14-12-15-23-53)78(110)96-64-46-128-129-47-65(82(114)99-76(51(4)104)84(116)117)97-83(115)75(50(3)103)98-77(109)60(26-16-13-19-34-90)93-80(112)63(42-56-45-91-59-25-18-17-24-58(56)59)95-79(111)62(94-81(64)113)39-54-28-30-57(105)31-29-54/h12,14-15,17-18,21-25,28-31,40-41,45,49-52,60-65,68-70,75-76,91,103-105,120H,13,16,19-20,26-27,32-39,42-44,46-47,90H2,1-11H3,(H,92,106)(H,93,112)(H,94,113)(H,95,111)(H,96,110)(H,97,115)(H,98,109)(H,99,114)(H,100,119)(H,116,117)/b48-21+/t49-,50+,51+,52?,60-,61+,62-,63+,64-,65-,68-,69+,70-,75-,76-,88-/m0/s1. The molecule has 4 bridgehead atoms. The summed E-state index contributed by atoms with van der Waals surface area (Å²) in [6, 6.07) is 10.6. The lowest BCUT2D eigenvalue weighted by Gasteiger charge is -2.44. The molecule has 1 unspecified atom stereocenters. The predicted molar refractivity (Wildman–Crippen MR) is 490 cm³/mol. The van der Waals surface area contributed by atoms with Gasteiger partial charge in [0.1, 0.15) is 88.8 Å². The van der Waals surface area contributed by atoms with Gasteiger partial charge in [-0.3, -0.25) is 53.3 Å². The van der Waals surface area contributed by atoms with E-state index in [1.54, 1.807) is 93.7 Å². The third-order valence-corrected chi connectivity index (χ3v) is 27.6. The van der Waals surface area contributed by atoms with Crippen LogP contribution in [0.4, 0.5) is 10.5 Å². The van der Waals surface area contributed by atoms with E-state index in [1.165, 1.54) is 97.8 Å². The summed E-state index contributed by atoms with van der Waals surface area (Å²) in [5.41, 5.74) is 6.55. The lowest BCUT2D eigenvalue weighted by molar-refractivity contribution is -0.207. The number of esters is 1. The van der Waals surface area contributed by atoms with Crippen molar-refractivity contribution in [3.8, 4) is 11.5 Å². The summed E-state index contributed by atoms with van der Waals surface area (Å²) in [6.45, 7) is 10.7. The molecule has 2 fully saturated rings. The molecule has 5 aromatic rings. The number of alkyl carbamates (subject to hydrolysis) is 1. The third-order valence-electron chi connectivity index (χ3n) is 22.4. The topological polar surface area (TPSA) is 526 Å². The number of aliphatic carboxylic acids is 1. The number of hydrogen-bond acceptors (Lipinski definition) is 27. The molecule has 3 aliphatic heterocycles. The van der Waals surface area contributed by atoms with Crippen LogP contribution < -0.4 is 63.2 Å². The van der Waals surface area contributed by atoms with E-state index >= 15 is 19.2 Å². The number of phenolic OH excluding ortho intramolecular Hbond substituents is 1. The van der Waals surface area contributed by atoms with E-state index in [4.69, 9.17) is 41.0 Å². The normalized spacial score (nSPS) is 24.2. The zero-order chi connectivity index (χ0) is 94.6. The van der Waals surface area contributed by atoms with Gasteiger partial charge in [-0.25, -0.2) is 14.4 Å². The molecule has 17 N–H and O–H groups in total. The number of phenols is 1. The van der Waals surface area contributed by atoms with Crippen molar-refractivity contribution in [3.63, 3.8) is 0 Å². The molecule has 706 valence electrons. The van der Waals surface area contributed by atoms with Gasteiger partial charge in [-0.05, 0) is 140 Å². The van der Waals surface area contributed by atoms with Crippen LogP contribution in [0.15, 0.2) is 109 Å². The first-order valence-corrected chi connectivity index (χ1v) is 47.8. The second-order valence-electron chi connectivity index (χ2n) is 32.7. The van der Waals surface area contributed by atoms with E-state index in [2.05, 4.69) is 52.8 Å². The van der Waals surface area contributed by atoms with Crippen molar-refractivity contribution in [3.05, 3.63) is 136 Å². The van der Waals surface area contributed by atoms with Gasteiger partial charge in [-0.2, -0.15) is 0 Å².